The number of amides is 1. The van der Waals surface area contributed by atoms with Crippen molar-refractivity contribution < 1.29 is 23.4 Å². The van der Waals surface area contributed by atoms with Crippen LogP contribution in [0.1, 0.15) is 64.7 Å². The normalized spacial score (nSPS) is 14.5. The number of aryl methyl sites for hydroxylation is 2. The molecule has 1 unspecified atom stereocenters. The van der Waals surface area contributed by atoms with Gasteiger partial charge in [0.1, 0.15) is 11.3 Å². The van der Waals surface area contributed by atoms with Crippen molar-refractivity contribution in [1.29, 1.82) is 0 Å². The average Bonchev–Trinajstić information content (AvgIpc) is 3.21. The summed E-state index contributed by atoms with van der Waals surface area (Å²) in [5.41, 5.74) is 4.19. The molecule has 4 aromatic rings. The highest BCUT2D eigenvalue weighted by Gasteiger charge is 2.43. The first-order chi connectivity index (χ1) is 18.9. The lowest BCUT2D eigenvalue weighted by Crippen LogP contribution is -2.29. The number of nitrogens with zero attached hydrogens (tertiary/aromatic N) is 1. The molecule has 2 heterocycles. The summed E-state index contributed by atoms with van der Waals surface area (Å²) < 4.78 is 23.3. The Morgan fingerprint density at radius 1 is 0.897 bits per heavy atom. The monoisotopic (exact) mass is 527 g/mol. The van der Waals surface area contributed by atoms with Crippen LogP contribution in [0.5, 0.6) is 17.2 Å². The molecule has 7 heteroatoms. The first-order valence-corrected chi connectivity index (χ1v) is 13.3. The van der Waals surface area contributed by atoms with E-state index in [9.17, 15) is 9.59 Å². The van der Waals surface area contributed by atoms with Crippen molar-refractivity contribution >= 4 is 16.9 Å². The summed E-state index contributed by atoms with van der Waals surface area (Å²) in [5, 5.41) is 0.467. The molecule has 1 aromatic heterocycles. The van der Waals surface area contributed by atoms with Crippen LogP contribution in [0.4, 0.5) is 0 Å². The molecule has 1 amide bonds. The molecule has 0 radical (unpaired) electrons. The number of benzene rings is 3. The van der Waals surface area contributed by atoms with Crippen LogP contribution < -0.4 is 19.6 Å². The quantitative estimate of drug-likeness (QED) is 0.252. The van der Waals surface area contributed by atoms with Crippen LogP contribution in [0, 0.1) is 13.8 Å². The van der Waals surface area contributed by atoms with E-state index in [4.69, 9.17) is 18.6 Å². The van der Waals surface area contributed by atoms with Gasteiger partial charge >= 0.3 is 0 Å². The van der Waals surface area contributed by atoms with Crippen molar-refractivity contribution in [2.75, 3.05) is 20.3 Å². The maximum Gasteiger partial charge on any atom is 0.291 e. The van der Waals surface area contributed by atoms with Crippen molar-refractivity contribution in [2.24, 2.45) is 0 Å². The van der Waals surface area contributed by atoms with Gasteiger partial charge < -0.3 is 23.5 Å². The first kappa shape index (κ1) is 26.4. The third kappa shape index (κ3) is 4.85. The third-order valence-corrected chi connectivity index (χ3v) is 7.14. The van der Waals surface area contributed by atoms with E-state index < -0.39 is 6.04 Å². The van der Waals surface area contributed by atoms with Crippen LogP contribution in [0.3, 0.4) is 0 Å². The van der Waals surface area contributed by atoms with Crippen LogP contribution in [0.25, 0.3) is 11.0 Å². The van der Waals surface area contributed by atoms with Gasteiger partial charge in [0.15, 0.2) is 16.9 Å². The summed E-state index contributed by atoms with van der Waals surface area (Å²) in [4.78, 5) is 29.6. The maximum atomic E-state index is 14.0. The minimum absolute atomic E-state index is 0.0820. The predicted octanol–water partition coefficient (Wildman–Crippen LogP) is 6.35. The maximum absolute atomic E-state index is 14.0. The molecule has 0 aliphatic carbocycles. The molecule has 5 rings (SSSR count). The van der Waals surface area contributed by atoms with Crippen molar-refractivity contribution in [1.82, 2.24) is 4.90 Å². The second kappa shape index (κ2) is 10.8. The Labute approximate surface area is 227 Å². The smallest absolute Gasteiger partial charge is 0.291 e. The minimum atomic E-state index is -0.656. The zero-order chi connectivity index (χ0) is 27.7. The molecule has 3 aromatic carbocycles. The molecular weight excluding hydrogens is 494 g/mol. The Hall–Kier alpha value is -4.26. The number of hydrogen-bond acceptors (Lipinski definition) is 6. The zero-order valence-corrected chi connectivity index (χ0v) is 23.0. The SMILES string of the molecule is CCCOc1ccc(C2c3c(oc4cc(C)c(C)cc4c3=O)C(=O)N2Cc2ccc(OC)cc2)cc1OCC. The van der Waals surface area contributed by atoms with Gasteiger partial charge in [0.2, 0.25) is 5.76 Å². The molecule has 1 aliphatic rings. The number of fused-ring (bicyclic) bond motifs is 2. The van der Waals surface area contributed by atoms with Crippen molar-refractivity contribution in [3.8, 4) is 17.2 Å². The first-order valence-electron chi connectivity index (χ1n) is 13.3. The average molecular weight is 528 g/mol. The van der Waals surface area contributed by atoms with E-state index in [0.717, 1.165) is 34.4 Å². The largest absolute Gasteiger partial charge is 0.497 e. The van der Waals surface area contributed by atoms with Gasteiger partial charge in [-0.05, 0) is 85.8 Å². The molecule has 1 aliphatic heterocycles. The topological polar surface area (TPSA) is 78.2 Å². The molecule has 0 fully saturated rings. The van der Waals surface area contributed by atoms with Gasteiger partial charge in [-0.1, -0.05) is 25.1 Å². The van der Waals surface area contributed by atoms with E-state index in [2.05, 4.69) is 0 Å². The molecule has 7 nitrogen and oxygen atoms in total. The van der Waals surface area contributed by atoms with Crippen LogP contribution in [-0.4, -0.2) is 31.1 Å². The molecule has 202 valence electrons. The van der Waals surface area contributed by atoms with Gasteiger partial charge in [-0.25, -0.2) is 0 Å². The molecular formula is C32H33NO6. The van der Waals surface area contributed by atoms with Crippen LogP contribution >= 0.6 is 0 Å². The number of carbonyl (C=O) groups excluding carboxylic acids is 1. The summed E-state index contributed by atoms with van der Waals surface area (Å²) in [5.74, 6) is 1.69. The second-order valence-electron chi connectivity index (χ2n) is 9.78. The number of hydrogen-bond donors (Lipinski definition) is 0. The summed E-state index contributed by atoms with van der Waals surface area (Å²) in [6.07, 6.45) is 0.862. The predicted molar refractivity (Wildman–Crippen MR) is 150 cm³/mol. The number of rotatable bonds is 9. The van der Waals surface area contributed by atoms with Crippen LogP contribution in [0.2, 0.25) is 0 Å². The van der Waals surface area contributed by atoms with E-state index in [1.807, 2.05) is 82.3 Å². The van der Waals surface area contributed by atoms with Crippen molar-refractivity contribution in [3.63, 3.8) is 0 Å². The molecule has 0 spiro atoms. The highest BCUT2D eigenvalue weighted by Crippen LogP contribution is 2.42. The highest BCUT2D eigenvalue weighted by atomic mass is 16.5. The molecule has 1 atom stereocenters. The van der Waals surface area contributed by atoms with Gasteiger partial charge in [-0.3, -0.25) is 9.59 Å². The van der Waals surface area contributed by atoms with E-state index >= 15 is 0 Å². The zero-order valence-electron chi connectivity index (χ0n) is 23.0. The fourth-order valence-electron chi connectivity index (χ4n) is 5.01. The lowest BCUT2D eigenvalue weighted by molar-refractivity contribution is 0.0714. The Morgan fingerprint density at radius 2 is 1.64 bits per heavy atom. The lowest BCUT2D eigenvalue weighted by Gasteiger charge is -2.26. The Bertz CT molecular complexity index is 1590. The lowest BCUT2D eigenvalue weighted by atomic mass is 9.97. The number of ether oxygens (including phenoxy) is 3. The summed E-state index contributed by atoms with van der Waals surface area (Å²) >= 11 is 0. The van der Waals surface area contributed by atoms with Gasteiger partial charge in [0.25, 0.3) is 5.91 Å². The molecule has 0 saturated heterocycles. The number of carbonyl (C=O) groups is 1. The molecule has 0 saturated carbocycles. The van der Waals surface area contributed by atoms with Gasteiger partial charge in [-0.15, -0.1) is 0 Å². The Morgan fingerprint density at radius 3 is 2.33 bits per heavy atom. The summed E-state index contributed by atoms with van der Waals surface area (Å²) in [7, 11) is 1.61. The summed E-state index contributed by atoms with van der Waals surface area (Å²) in [6, 6.07) is 16.2. The molecule has 0 N–H and O–H groups in total. The Kier molecular flexibility index (Phi) is 7.33. The van der Waals surface area contributed by atoms with E-state index in [1.54, 1.807) is 12.0 Å². The fourth-order valence-corrected chi connectivity index (χ4v) is 5.01. The highest BCUT2D eigenvalue weighted by molar-refractivity contribution is 5.99. The number of methoxy groups -OCH3 is 1. The minimum Gasteiger partial charge on any atom is -0.497 e. The summed E-state index contributed by atoms with van der Waals surface area (Å²) in [6.45, 7) is 9.16. The van der Waals surface area contributed by atoms with Crippen LogP contribution in [0.15, 0.2) is 63.8 Å². The standard InChI is InChI=1S/C32H33NO6/c1-6-14-38-25-13-10-22(17-27(25)37-7-2)29-28-30(34)24-15-19(3)20(4)16-26(24)39-31(28)32(35)33(29)18-21-8-11-23(36-5)12-9-21/h8-13,15-17,29H,6-7,14,18H2,1-5H3. The Balaban J connectivity index is 1.68. The fraction of sp³-hybridized carbons (Fsp3) is 0.312. The van der Waals surface area contributed by atoms with E-state index in [1.165, 1.54) is 0 Å². The van der Waals surface area contributed by atoms with Gasteiger partial charge in [0.05, 0.1) is 37.3 Å². The molecule has 39 heavy (non-hydrogen) atoms. The van der Waals surface area contributed by atoms with Gasteiger partial charge in [0, 0.05) is 6.54 Å². The van der Waals surface area contributed by atoms with Crippen molar-refractivity contribution in [2.45, 2.75) is 46.7 Å². The second-order valence-corrected chi connectivity index (χ2v) is 9.78. The van der Waals surface area contributed by atoms with Crippen LogP contribution in [-0.2, 0) is 6.54 Å². The van der Waals surface area contributed by atoms with Crippen molar-refractivity contribution in [3.05, 3.63) is 98.4 Å². The third-order valence-electron chi connectivity index (χ3n) is 7.14. The van der Waals surface area contributed by atoms with E-state index in [-0.39, 0.29) is 23.6 Å². The van der Waals surface area contributed by atoms with E-state index in [0.29, 0.717) is 41.2 Å². The van der Waals surface area contributed by atoms with Gasteiger partial charge in [-0.2, -0.15) is 0 Å². The molecule has 0 bridgehead atoms.